The van der Waals surface area contributed by atoms with Gasteiger partial charge in [0.05, 0.1) is 24.2 Å². The van der Waals surface area contributed by atoms with Crippen molar-refractivity contribution in [1.29, 1.82) is 0 Å². The van der Waals surface area contributed by atoms with Gasteiger partial charge >= 0.3 is 0 Å². The molecule has 2 N–H and O–H groups in total. The van der Waals surface area contributed by atoms with E-state index in [0.29, 0.717) is 12.2 Å². The molecule has 2 amide bonds. The second kappa shape index (κ2) is 10.9. The van der Waals surface area contributed by atoms with Gasteiger partial charge in [0, 0.05) is 5.54 Å². The number of benzene rings is 1. The van der Waals surface area contributed by atoms with Gasteiger partial charge in [0.2, 0.25) is 21.8 Å². The van der Waals surface area contributed by atoms with Crippen LogP contribution in [0.25, 0.3) is 0 Å². The minimum atomic E-state index is -4.05. The van der Waals surface area contributed by atoms with Crippen LogP contribution in [0.1, 0.15) is 46.8 Å². The monoisotopic (exact) mass is 481 g/mol. The van der Waals surface area contributed by atoms with E-state index >= 15 is 0 Å². The Bertz CT molecular complexity index is 1030. The Labute approximate surface area is 194 Å². The Balaban J connectivity index is 2.28. The van der Waals surface area contributed by atoms with Gasteiger partial charge in [0.25, 0.3) is 0 Å². The average Bonchev–Trinajstić information content (AvgIpc) is 3.24. The second-order valence-electron chi connectivity index (χ2n) is 8.80. The van der Waals surface area contributed by atoms with Crippen molar-refractivity contribution in [1.82, 2.24) is 14.9 Å². The molecular weight excluding hydrogens is 449 g/mol. The summed E-state index contributed by atoms with van der Waals surface area (Å²) in [5.41, 5.74) is -0.478. The van der Waals surface area contributed by atoms with E-state index in [4.69, 9.17) is 4.42 Å². The largest absolute Gasteiger partial charge is 0.467 e. The zero-order chi connectivity index (χ0) is 24.8. The molecule has 1 unspecified atom stereocenters. The number of rotatable bonds is 11. The Morgan fingerprint density at radius 2 is 1.79 bits per heavy atom. The fourth-order valence-electron chi connectivity index (χ4n) is 3.17. The Kier molecular flexibility index (Phi) is 8.79. The number of nitrogens with one attached hydrogen (secondary N) is 2. The van der Waals surface area contributed by atoms with Crippen LogP contribution < -0.4 is 10.0 Å². The summed E-state index contributed by atoms with van der Waals surface area (Å²) in [6.45, 7) is 8.76. The van der Waals surface area contributed by atoms with Crippen molar-refractivity contribution in [2.75, 3.05) is 6.54 Å². The average molecular weight is 482 g/mol. The van der Waals surface area contributed by atoms with Gasteiger partial charge in [0.1, 0.15) is 17.6 Å². The van der Waals surface area contributed by atoms with E-state index in [1.165, 1.54) is 11.2 Å². The lowest BCUT2D eigenvalue weighted by atomic mass is 9.97. The van der Waals surface area contributed by atoms with Crippen molar-refractivity contribution in [3.05, 3.63) is 54.2 Å². The SMILES string of the molecule is CCC(C)(C)NC(=O)C(C(C)C)N(Cc1ccco1)C(=O)CNS(=O)(=O)c1ccc(F)cc1. The molecule has 0 aliphatic rings. The lowest BCUT2D eigenvalue weighted by Gasteiger charge is -2.36. The normalized spacial score (nSPS) is 13.1. The van der Waals surface area contributed by atoms with E-state index < -0.39 is 39.9 Å². The van der Waals surface area contributed by atoms with Crippen molar-refractivity contribution in [3.63, 3.8) is 0 Å². The quantitative estimate of drug-likeness (QED) is 0.513. The highest BCUT2D eigenvalue weighted by Crippen LogP contribution is 2.19. The molecule has 0 aliphatic carbocycles. The van der Waals surface area contributed by atoms with Crippen molar-refractivity contribution in [3.8, 4) is 0 Å². The van der Waals surface area contributed by atoms with E-state index in [1.54, 1.807) is 12.1 Å². The molecule has 1 aromatic carbocycles. The summed E-state index contributed by atoms with van der Waals surface area (Å²) in [5, 5.41) is 2.97. The van der Waals surface area contributed by atoms with Gasteiger partial charge in [-0.1, -0.05) is 20.8 Å². The lowest BCUT2D eigenvalue weighted by molar-refractivity contribution is -0.143. The molecule has 1 atom stereocenters. The van der Waals surface area contributed by atoms with Gasteiger partial charge in [-0.25, -0.2) is 17.5 Å². The summed E-state index contributed by atoms with van der Waals surface area (Å²) >= 11 is 0. The molecule has 33 heavy (non-hydrogen) atoms. The molecule has 0 bridgehead atoms. The molecule has 1 heterocycles. The molecular formula is C23H32FN3O5S. The molecule has 1 aromatic heterocycles. The molecule has 10 heteroatoms. The number of carbonyl (C=O) groups is 2. The van der Waals surface area contributed by atoms with Crippen molar-refractivity contribution < 1.29 is 26.8 Å². The fraction of sp³-hybridized carbons (Fsp3) is 0.478. The molecule has 2 rings (SSSR count). The zero-order valence-corrected chi connectivity index (χ0v) is 20.4. The fourth-order valence-corrected chi connectivity index (χ4v) is 4.14. The first-order chi connectivity index (χ1) is 15.4. The summed E-state index contributed by atoms with van der Waals surface area (Å²) in [7, 11) is -4.05. The van der Waals surface area contributed by atoms with E-state index in [2.05, 4.69) is 10.0 Å². The number of amides is 2. The number of halogens is 1. The van der Waals surface area contributed by atoms with Gasteiger partial charge in [-0.15, -0.1) is 0 Å². The van der Waals surface area contributed by atoms with Crippen LogP contribution in [0.15, 0.2) is 52.0 Å². The smallest absolute Gasteiger partial charge is 0.243 e. The third kappa shape index (κ3) is 7.40. The molecule has 0 spiro atoms. The molecule has 2 aromatic rings. The van der Waals surface area contributed by atoms with Crippen LogP contribution in [0, 0.1) is 11.7 Å². The van der Waals surface area contributed by atoms with E-state index in [1.807, 2.05) is 34.6 Å². The van der Waals surface area contributed by atoms with Crippen LogP contribution in [0.4, 0.5) is 4.39 Å². The summed E-state index contributed by atoms with van der Waals surface area (Å²) in [5.74, 6) is -1.31. The maximum Gasteiger partial charge on any atom is 0.243 e. The molecule has 0 saturated carbocycles. The van der Waals surface area contributed by atoms with E-state index in [-0.39, 0.29) is 23.3 Å². The van der Waals surface area contributed by atoms with Crippen molar-refractivity contribution in [2.24, 2.45) is 5.92 Å². The minimum Gasteiger partial charge on any atom is -0.467 e. The number of hydrogen-bond acceptors (Lipinski definition) is 5. The molecule has 0 radical (unpaired) electrons. The van der Waals surface area contributed by atoms with Crippen LogP contribution in [0.2, 0.25) is 0 Å². The lowest BCUT2D eigenvalue weighted by Crippen LogP contribution is -2.57. The zero-order valence-electron chi connectivity index (χ0n) is 19.6. The number of hydrogen-bond donors (Lipinski definition) is 2. The van der Waals surface area contributed by atoms with Gasteiger partial charge in [-0.3, -0.25) is 9.59 Å². The van der Waals surface area contributed by atoms with Crippen LogP contribution >= 0.6 is 0 Å². The van der Waals surface area contributed by atoms with Gasteiger partial charge in [0.15, 0.2) is 0 Å². The maximum absolute atomic E-state index is 13.2. The first kappa shape index (κ1) is 26.5. The molecule has 0 saturated heterocycles. The molecule has 182 valence electrons. The predicted molar refractivity (Wildman–Crippen MR) is 122 cm³/mol. The molecule has 0 fully saturated rings. The summed E-state index contributed by atoms with van der Waals surface area (Å²) in [6.07, 6.45) is 2.15. The molecule has 8 nitrogen and oxygen atoms in total. The first-order valence-corrected chi connectivity index (χ1v) is 12.2. The minimum absolute atomic E-state index is 0.00701. The standard InChI is InChI=1S/C23H32FN3O5S/c1-6-23(4,5)26-22(29)21(16(2)3)27(15-18-8-7-13-32-18)20(28)14-25-33(30,31)19-11-9-17(24)10-12-19/h7-13,16,21,25H,6,14-15H2,1-5H3,(H,26,29). The molecule has 0 aliphatic heterocycles. The van der Waals surface area contributed by atoms with Crippen LogP contribution in [0.5, 0.6) is 0 Å². The maximum atomic E-state index is 13.2. The highest BCUT2D eigenvalue weighted by atomic mass is 32.2. The number of carbonyl (C=O) groups excluding carboxylic acids is 2. The highest BCUT2D eigenvalue weighted by Gasteiger charge is 2.35. The van der Waals surface area contributed by atoms with Gasteiger partial charge in [-0.05, 0) is 62.6 Å². The predicted octanol–water partition coefficient (Wildman–Crippen LogP) is 3.06. The number of nitrogens with zero attached hydrogens (tertiary/aromatic N) is 1. The first-order valence-electron chi connectivity index (χ1n) is 10.8. The Morgan fingerprint density at radius 3 is 2.30 bits per heavy atom. The van der Waals surface area contributed by atoms with Crippen LogP contribution in [-0.2, 0) is 26.2 Å². The van der Waals surface area contributed by atoms with E-state index in [0.717, 1.165) is 24.3 Å². The summed E-state index contributed by atoms with van der Waals surface area (Å²) < 4.78 is 45.8. The van der Waals surface area contributed by atoms with Gasteiger partial charge in [-0.2, -0.15) is 0 Å². The van der Waals surface area contributed by atoms with Crippen molar-refractivity contribution >= 4 is 21.8 Å². The number of furan rings is 1. The Morgan fingerprint density at radius 1 is 1.15 bits per heavy atom. The van der Waals surface area contributed by atoms with Crippen molar-refractivity contribution in [2.45, 2.75) is 64.1 Å². The second-order valence-corrected chi connectivity index (χ2v) is 10.6. The highest BCUT2D eigenvalue weighted by molar-refractivity contribution is 7.89. The Hall–Kier alpha value is -2.72. The van der Waals surface area contributed by atoms with Crippen LogP contribution in [0.3, 0.4) is 0 Å². The third-order valence-electron chi connectivity index (χ3n) is 5.35. The third-order valence-corrected chi connectivity index (χ3v) is 6.76. The van der Waals surface area contributed by atoms with Gasteiger partial charge < -0.3 is 14.6 Å². The van der Waals surface area contributed by atoms with E-state index in [9.17, 15) is 22.4 Å². The summed E-state index contributed by atoms with van der Waals surface area (Å²) in [4.78, 5) is 27.5. The summed E-state index contributed by atoms with van der Waals surface area (Å²) in [6, 6.07) is 6.75. The number of sulfonamides is 1. The van der Waals surface area contributed by atoms with Crippen LogP contribution in [-0.4, -0.2) is 43.3 Å². The topological polar surface area (TPSA) is 109 Å².